The monoisotopic (exact) mass is 261 g/mol. The van der Waals surface area contributed by atoms with Crippen molar-refractivity contribution < 1.29 is 27.6 Å². The Hall–Kier alpha value is -0.800. The summed E-state index contributed by atoms with van der Waals surface area (Å²) in [5.74, 6) is -0.258. The maximum atomic E-state index is 10.9. The highest BCUT2D eigenvalue weighted by Crippen LogP contribution is 2.06. The molecule has 0 rings (SSSR count). The van der Waals surface area contributed by atoms with Crippen LogP contribution in [0.1, 0.15) is 32.6 Å². The molecule has 0 heterocycles. The molecule has 0 radical (unpaired) electrons. The first-order valence-corrected chi connectivity index (χ1v) is 5.93. The second-order valence-electron chi connectivity index (χ2n) is 4.12. The van der Waals surface area contributed by atoms with Crippen LogP contribution in [-0.4, -0.2) is 23.7 Å². The van der Waals surface area contributed by atoms with Crippen molar-refractivity contribution in [2.24, 2.45) is 5.92 Å². The van der Waals surface area contributed by atoms with E-state index in [9.17, 15) is 4.79 Å². The fraction of sp³-hybridized carbons (Fsp3) is 0.615. The van der Waals surface area contributed by atoms with Gasteiger partial charge in [-0.15, -0.1) is 13.2 Å². The molecule has 100 valence electrons. The molecule has 0 aromatic carbocycles. The van der Waals surface area contributed by atoms with Gasteiger partial charge >= 0.3 is 5.97 Å². The molecule has 0 aliphatic carbocycles. The Morgan fingerprint density at radius 3 is 2.24 bits per heavy atom. The van der Waals surface area contributed by atoms with Gasteiger partial charge in [0.2, 0.25) is 0 Å². The lowest BCUT2D eigenvalue weighted by Gasteiger charge is -2.15. The van der Waals surface area contributed by atoms with E-state index in [4.69, 9.17) is 5.11 Å². The maximum absolute atomic E-state index is 10.9. The van der Waals surface area contributed by atoms with Crippen molar-refractivity contribution in [2.45, 2.75) is 38.6 Å². The first kappa shape index (κ1) is 18.6. The van der Waals surface area contributed by atoms with E-state index >= 15 is 0 Å². The number of allylic oxidation sites excluding steroid dienone is 2. The third-order valence-electron chi connectivity index (χ3n) is 2.67. The van der Waals surface area contributed by atoms with Gasteiger partial charge in [0, 0.05) is 12.3 Å². The summed E-state index contributed by atoms with van der Waals surface area (Å²) in [5.41, 5.74) is 0. The summed E-state index contributed by atoms with van der Waals surface area (Å²) in [4.78, 5) is 10.9. The maximum Gasteiger partial charge on any atom is 0.362 e. The van der Waals surface area contributed by atoms with Crippen LogP contribution in [0.2, 0.25) is 0 Å². The number of nitrogens with two attached hydrogens (primary N) is 1. The topological polar surface area (TPSA) is 53.9 Å². The minimum atomic E-state index is -0.710. The van der Waals surface area contributed by atoms with Crippen LogP contribution in [0.25, 0.3) is 0 Å². The van der Waals surface area contributed by atoms with Crippen molar-refractivity contribution in [1.82, 2.24) is 0 Å². The molecular weight excluding hydrogens is 238 g/mol. The third-order valence-corrected chi connectivity index (χ3v) is 2.67. The van der Waals surface area contributed by atoms with Crippen LogP contribution in [0.5, 0.6) is 0 Å². The summed E-state index contributed by atoms with van der Waals surface area (Å²) in [7, 11) is 0. The molecule has 0 spiro atoms. The molecule has 0 amide bonds. The minimum absolute atomic E-state index is 0. The molecule has 0 saturated carbocycles. The van der Waals surface area contributed by atoms with Crippen LogP contribution in [0.3, 0.4) is 0 Å². The van der Waals surface area contributed by atoms with Gasteiger partial charge in [-0.3, -0.25) is 0 Å². The van der Waals surface area contributed by atoms with Gasteiger partial charge in [-0.25, -0.2) is 4.79 Å². The van der Waals surface area contributed by atoms with Gasteiger partial charge < -0.3 is 22.8 Å². The van der Waals surface area contributed by atoms with Gasteiger partial charge in [0.15, 0.2) is 6.04 Å². The Kier molecular flexibility index (Phi) is 12.8. The van der Waals surface area contributed by atoms with Crippen molar-refractivity contribution in [3.05, 3.63) is 25.3 Å². The Labute approximate surface area is 110 Å². The summed E-state index contributed by atoms with van der Waals surface area (Å²) in [5, 5.41) is 10.9. The molecule has 0 fully saturated rings. The van der Waals surface area contributed by atoms with Gasteiger partial charge in [-0.1, -0.05) is 19.1 Å². The molecule has 0 aliphatic heterocycles. The Morgan fingerprint density at radius 2 is 1.88 bits per heavy atom. The minimum Gasteiger partial charge on any atom is -1.00 e. The fourth-order valence-electron chi connectivity index (χ4n) is 1.77. The molecule has 1 unspecified atom stereocenters. The number of carboxylic acids is 1. The lowest BCUT2D eigenvalue weighted by atomic mass is 10.0. The van der Waals surface area contributed by atoms with Gasteiger partial charge in [0.25, 0.3) is 0 Å². The Balaban J connectivity index is 0. The summed E-state index contributed by atoms with van der Waals surface area (Å²) in [6.07, 6.45) is 7.24. The van der Waals surface area contributed by atoms with Crippen LogP contribution in [0.4, 0.5) is 0 Å². The largest absolute Gasteiger partial charge is 1.00 e. The van der Waals surface area contributed by atoms with Crippen LogP contribution >= 0.6 is 0 Å². The van der Waals surface area contributed by atoms with Gasteiger partial charge in [-0.2, -0.15) is 0 Å². The quantitative estimate of drug-likeness (QED) is 0.474. The average molecular weight is 262 g/mol. The molecule has 0 aliphatic rings. The molecule has 1 atom stereocenters. The highest BCUT2D eigenvalue weighted by atomic mass is 35.5. The highest BCUT2D eigenvalue weighted by Gasteiger charge is 2.20. The SMILES string of the molecule is C=CCC(CC=C)C[NH2+]C(CCC)C(=O)O.[Cl-]. The van der Waals surface area contributed by atoms with Gasteiger partial charge in [-0.05, 0) is 19.3 Å². The number of rotatable bonds is 10. The molecule has 0 bridgehead atoms. The Morgan fingerprint density at radius 1 is 1.35 bits per heavy atom. The molecule has 3 N–H and O–H groups in total. The van der Waals surface area contributed by atoms with E-state index in [0.717, 1.165) is 32.2 Å². The van der Waals surface area contributed by atoms with Crippen molar-refractivity contribution in [1.29, 1.82) is 0 Å². The number of aliphatic carboxylic acids is 1. The average Bonchev–Trinajstić information content (AvgIpc) is 2.24. The molecule has 17 heavy (non-hydrogen) atoms. The molecule has 4 heteroatoms. The smallest absolute Gasteiger partial charge is 0.362 e. The standard InChI is InChI=1S/C13H23NO2.ClH/c1-4-7-11(8-5-2)10-14-12(9-6-3)13(15)16;/h4-5,11-12,14H,1-2,6-10H2,3H3,(H,15,16);1H. The molecule has 0 saturated heterocycles. The van der Waals surface area contributed by atoms with Crippen LogP contribution in [0.15, 0.2) is 25.3 Å². The molecular formula is C13H24ClNO2. The predicted octanol–water partition coefficient (Wildman–Crippen LogP) is -1.42. The number of hydrogen-bond donors (Lipinski definition) is 2. The lowest BCUT2D eigenvalue weighted by molar-refractivity contribution is -0.683. The van der Waals surface area contributed by atoms with E-state index < -0.39 is 5.97 Å². The molecule has 0 aromatic rings. The number of carbonyl (C=O) groups is 1. The second kappa shape index (κ2) is 11.7. The van der Waals surface area contributed by atoms with E-state index in [2.05, 4.69) is 13.2 Å². The second-order valence-corrected chi connectivity index (χ2v) is 4.12. The number of halogens is 1. The van der Waals surface area contributed by atoms with Crippen molar-refractivity contribution >= 4 is 5.97 Å². The highest BCUT2D eigenvalue weighted by molar-refractivity contribution is 5.71. The predicted molar refractivity (Wildman–Crippen MR) is 66.2 cm³/mol. The van der Waals surface area contributed by atoms with Gasteiger partial charge in [0.1, 0.15) is 0 Å². The zero-order valence-electron chi connectivity index (χ0n) is 10.6. The van der Waals surface area contributed by atoms with E-state index in [1.165, 1.54) is 0 Å². The van der Waals surface area contributed by atoms with Crippen LogP contribution < -0.4 is 17.7 Å². The Bertz CT molecular complexity index is 221. The zero-order valence-corrected chi connectivity index (χ0v) is 11.3. The summed E-state index contributed by atoms with van der Waals surface area (Å²) in [6.45, 7) is 10.3. The number of hydrogen-bond acceptors (Lipinski definition) is 1. The van der Waals surface area contributed by atoms with Crippen molar-refractivity contribution in [3.8, 4) is 0 Å². The first-order chi connectivity index (χ1) is 7.65. The molecule has 3 nitrogen and oxygen atoms in total. The van der Waals surface area contributed by atoms with E-state index in [1.807, 2.05) is 24.4 Å². The lowest BCUT2D eigenvalue weighted by Crippen LogP contribution is -3.00. The summed E-state index contributed by atoms with van der Waals surface area (Å²) in [6, 6.07) is -0.304. The summed E-state index contributed by atoms with van der Waals surface area (Å²) < 4.78 is 0. The van der Waals surface area contributed by atoms with Gasteiger partial charge in [0.05, 0.1) is 6.54 Å². The summed E-state index contributed by atoms with van der Waals surface area (Å²) >= 11 is 0. The first-order valence-electron chi connectivity index (χ1n) is 5.93. The van der Waals surface area contributed by atoms with E-state index in [0.29, 0.717) is 5.92 Å². The van der Waals surface area contributed by atoms with Crippen LogP contribution in [-0.2, 0) is 4.79 Å². The number of quaternary nitrogens is 1. The third kappa shape index (κ3) is 8.95. The zero-order chi connectivity index (χ0) is 12.4. The van der Waals surface area contributed by atoms with Crippen molar-refractivity contribution in [2.75, 3.05) is 6.54 Å². The number of carboxylic acid groups (broad SMARTS) is 1. The molecule has 0 aromatic heterocycles. The van der Waals surface area contributed by atoms with E-state index in [1.54, 1.807) is 0 Å². The normalized spacial score (nSPS) is 11.6. The van der Waals surface area contributed by atoms with E-state index in [-0.39, 0.29) is 18.4 Å². The van der Waals surface area contributed by atoms with Crippen molar-refractivity contribution in [3.63, 3.8) is 0 Å². The fourth-order valence-corrected chi connectivity index (χ4v) is 1.77. The van der Waals surface area contributed by atoms with Crippen LogP contribution in [0, 0.1) is 5.92 Å².